The number of methoxy groups -OCH3 is 1. The van der Waals surface area contributed by atoms with Gasteiger partial charge in [-0.1, -0.05) is 12.1 Å². The molecule has 0 aliphatic carbocycles. The summed E-state index contributed by atoms with van der Waals surface area (Å²) in [4.78, 5) is 29.1. The van der Waals surface area contributed by atoms with Crippen LogP contribution in [0.25, 0.3) is 0 Å². The van der Waals surface area contributed by atoms with E-state index in [0.717, 1.165) is 38.8 Å². The van der Waals surface area contributed by atoms with Crippen LogP contribution in [-0.2, 0) is 9.53 Å². The van der Waals surface area contributed by atoms with E-state index in [1.165, 1.54) is 0 Å². The molecule has 148 valence electrons. The third-order valence-electron chi connectivity index (χ3n) is 5.15. The number of hydrogen-bond donors (Lipinski definition) is 1. The van der Waals surface area contributed by atoms with Gasteiger partial charge in [-0.05, 0) is 37.8 Å². The van der Waals surface area contributed by atoms with Crippen LogP contribution in [0.4, 0.5) is 10.5 Å². The Bertz CT molecular complexity index is 646. The molecule has 0 unspecified atom stereocenters. The second-order valence-corrected chi connectivity index (χ2v) is 7.09. The Labute approximate surface area is 160 Å². The minimum atomic E-state index is -0.184. The van der Waals surface area contributed by atoms with Crippen molar-refractivity contribution in [2.45, 2.75) is 25.7 Å². The van der Waals surface area contributed by atoms with E-state index >= 15 is 0 Å². The molecule has 2 fully saturated rings. The first kappa shape index (κ1) is 19.5. The van der Waals surface area contributed by atoms with Crippen molar-refractivity contribution in [3.8, 4) is 5.75 Å². The standard InChI is InChI=1S/C20H29N3O4/c1-26-13-14-27-18-9-3-2-8-17(18)21-20(25)23-12-6-7-16(15-23)19(24)22-10-4-5-11-22/h2-3,8-9,16H,4-7,10-15H2,1H3,(H,21,25)/t16-/m0/s1. The van der Waals surface area contributed by atoms with E-state index < -0.39 is 0 Å². The number of nitrogens with one attached hydrogen (secondary N) is 1. The van der Waals surface area contributed by atoms with Crippen LogP contribution in [0.3, 0.4) is 0 Å². The number of benzene rings is 1. The molecule has 3 rings (SSSR count). The number of amides is 3. The Morgan fingerprint density at radius 2 is 1.81 bits per heavy atom. The molecule has 3 amide bonds. The summed E-state index contributed by atoms with van der Waals surface area (Å²) in [6.45, 7) is 3.76. The predicted octanol–water partition coefficient (Wildman–Crippen LogP) is 2.58. The van der Waals surface area contributed by atoms with Crippen molar-refractivity contribution in [3.63, 3.8) is 0 Å². The number of urea groups is 1. The number of carbonyl (C=O) groups excluding carboxylic acids is 2. The fraction of sp³-hybridized carbons (Fsp3) is 0.600. The van der Waals surface area contributed by atoms with Crippen molar-refractivity contribution in [2.75, 3.05) is 51.8 Å². The second kappa shape index (κ2) is 9.60. The monoisotopic (exact) mass is 375 g/mol. The number of likely N-dealkylation sites (tertiary alicyclic amines) is 2. The van der Waals surface area contributed by atoms with E-state index in [2.05, 4.69) is 5.32 Å². The molecule has 0 saturated carbocycles. The Morgan fingerprint density at radius 3 is 2.59 bits per heavy atom. The lowest BCUT2D eigenvalue weighted by Gasteiger charge is -2.34. The first-order valence-electron chi connectivity index (χ1n) is 9.74. The van der Waals surface area contributed by atoms with Gasteiger partial charge in [0.05, 0.1) is 18.2 Å². The fourth-order valence-corrected chi connectivity index (χ4v) is 3.68. The SMILES string of the molecule is COCCOc1ccccc1NC(=O)N1CCC[C@H](C(=O)N2CCCC2)C1. The lowest BCUT2D eigenvalue weighted by Crippen LogP contribution is -2.47. The zero-order valence-electron chi connectivity index (χ0n) is 16.0. The molecule has 2 heterocycles. The molecule has 1 aromatic rings. The Hall–Kier alpha value is -2.28. The predicted molar refractivity (Wildman–Crippen MR) is 103 cm³/mol. The van der Waals surface area contributed by atoms with Crippen LogP contribution < -0.4 is 10.1 Å². The molecule has 7 nitrogen and oxygen atoms in total. The second-order valence-electron chi connectivity index (χ2n) is 7.09. The molecule has 2 saturated heterocycles. The number of nitrogens with zero attached hydrogens (tertiary/aromatic N) is 2. The van der Waals surface area contributed by atoms with E-state index in [-0.39, 0.29) is 17.9 Å². The number of ether oxygens (including phenoxy) is 2. The highest BCUT2D eigenvalue weighted by molar-refractivity contribution is 5.91. The number of rotatable bonds is 6. The molecule has 2 aliphatic heterocycles. The van der Waals surface area contributed by atoms with Gasteiger partial charge in [-0.25, -0.2) is 4.79 Å². The number of hydrogen-bond acceptors (Lipinski definition) is 4. The van der Waals surface area contributed by atoms with Gasteiger partial charge in [-0.3, -0.25) is 4.79 Å². The van der Waals surface area contributed by atoms with Gasteiger partial charge in [0.25, 0.3) is 0 Å². The van der Waals surface area contributed by atoms with Gasteiger partial charge >= 0.3 is 6.03 Å². The number of piperidine rings is 1. The normalized spacial score (nSPS) is 19.8. The third kappa shape index (κ3) is 5.13. The smallest absolute Gasteiger partial charge is 0.321 e. The molecular weight excluding hydrogens is 346 g/mol. The highest BCUT2D eigenvalue weighted by Gasteiger charge is 2.32. The van der Waals surface area contributed by atoms with Crippen molar-refractivity contribution in [1.82, 2.24) is 9.80 Å². The van der Waals surface area contributed by atoms with Crippen molar-refractivity contribution in [2.24, 2.45) is 5.92 Å². The zero-order valence-corrected chi connectivity index (χ0v) is 16.0. The Kier molecular flexibility index (Phi) is 6.92. The molecule has 7 heteroatoms. The van der Waals surface area contributed by atoms with Gasteiger partial charge in [0.1, 0.15) is 12.4 Å². The highest BCUT2D eigenvalue weighted by atomic mass is 16.5. The van der Waals surface area contributed by atoms with Gasteiger partial charge < -0.3 is 24.6 Å². The third-order valence-corrected chi connectivity index (χ3v) is 5.15. The van der Waals surface area contributed by atoms with Gasteiger partial charge in [0.15, 0.2) is 0 Å². The Balaban J connectivity index is 1.58. The average Bonchev–Trinajstić information content (AvgIpc) is 3.24. The summed E-state index contributed by atoms with van der Waals surface area (Å²) in [6, 6.07) is 7.17. The molecule has 1 aromatic carbocycles. The van der Waals surface area contributed by atoms with E-state index in [1.807, 2.05) is 29.2 Å². The van der Waals surface area contributed by atoms with Crippen LogP contribution in [-0.4, -0.2) is 68.2 Å². The summed E-state index contributed by atoms with van der Waals surface area (Å²) in [7, 11) is 1.62. The average molecular weight is 375 g/mol. The molecule has 1 N–H and O–H groups in total. The molecule has 27 heavy (non-hydrogen) atoms. The van der Waals surface area contributed by atoms with Crippen molar-refractivity contribution in [1.29, 1.82) is 0 Å². The van der Waals surface area contributed by atoms with Crippen LogP contribution in [0.5, 0.6) is 5.75 Å². The fourth-order valence-electron chi connectivity index (χ4n) is 3.68. The molecule has 0 radical (unpaired) electrons. The van der Waals surface area contributed by atoms with Crippen LogP contribution in [0.2, 0.25) is 0 Å². The quantitative estimate of drug-likeness (QED) is 0.776. The largest absolute Gasteiger partial charge is 0.489 e. The van der Waals surface area contributed by atoms with E-state index in [0.29, 0.717) is 37.7 Å². The number of carbonyl (C=O) groups is 2. The summed E-state index contributed by atoms with van der Waals surface area (Å²) < 4.78 is 10.7. The van der Waals surface area contributed by atoms with Crippen LogP contribution in [0.15, 0.2) is 24.3 Å². The first-order valence-corrected chi connectivity index (χ1v) is 9.74. The molecule has 1 atom stereocenters. The molecule has 2 aliphatic rings. The van der Waals surface area contributed by atoms with Crippen molar-refractivity contribution >= 4 is 17.6 Å². The molecular formula is C20H29N3O4. The maximum atomic E-state index is 12.7. The van der Waals surface area contributed by atoms with E-state index in [1.54, 1.807) is 12.0 Å². The molecule has 0 bridgehead atoms. The lowest BCUT2D eigenvalue weighted by atomic mass is 9.97. The van der Waals surface area contributed by atoms with Gasteiger partial charge in [-0.15, -0.1) is 0 Å². The van der Waals surface area contributed by atoms with Crippen LogP contribution in [0.1, 0.15) is 25.7 Å². The summed E-state index contributed by atoms with van der Waals surface area (Å²) in [5.41, 5.74) is 0.631. The zero-order chi connectivity index (χ0) is 19.1. The number of anilines is 1. The minimum absolute atomic E-state index is 0.0872. The highest BCUT2D eigenvalue weighted by Crippen LogP contribution is 2.26. The van der Waals surface area contributed by atoms with Crippen molar-refractivity contribution in [3.05, 3.63) is 24.3 Å². The van der Waals surface area contributed by atoms with E-state index in [9.17, 15) is 9.59 Å². The summed E-state index contributed by atoms with van der Waals surface area (Å²) in [5, 5.41) is 2.93. The van der Waals surface area contributed by atoms with Gasteiger partial charge in [-0.2, -0.15) is 0 Å². The maximum Gasteiger partial charge on any atom is 0.321 e. The number of para-hydroxylation sites is 2. The minimum Gasteiger partial charge on any atom is -0.489 e. The summed E-state index contributed by atoms with van der Waals surface area (Å²) in [6.07, 6.45) is 3.88. The van der Waals surface area contributed by atoms with Gasteiger partial charge in [0.2, 0.25) is 5.91 Å². The van der Waals surface area contributed by atoms with E-state index in [4.69, 9.17) is 9.47 Å². The topological polar surface area (TPSA) is 71.1 Å². The maximum absolute atomic E-state index is 12.7. The first-order chi connectivity index (χ1) is 13.2. The lowest BCUT2D eigenvalue weighted by molar-refractivity contribution is -0.135. The van der Waals surface area contributed by atoms with Crippen LogP contribution >= 0.6 is 0 Å². The summed E-state index contributed by atoms with van der Waals surface area (Å²) in [5.74, 6) is 0.730. The Morgan fingerprint density at radius 1 is 1.07 bits per heavy atom. The van der Waals surface area contributed by atoms with Crippen molar-refractivity contribution < 1.29 is 19.1 Å². The molecule has 0 aromatic heterocycles. The molecule has 0 spiro atoms. The van der Waals surface area contributed by atoms with Gasteiger partial charge in [0, 0.05) is 33.3 Å². The summed E-state index contributed by atoms with van der Waals surface area (Å²) >= 11 is 0. The van der Waals surface area contributed by atoms with Crippen LogP contribution in [0, 0.1) is 5.92 Å².